The van der Waals surface area contributed by atoms with Crippen molar-refractivity contribution in [3.8, 4) is 0 Å². The second-order valence-electron chi connectivity index (χ2n) is 7.37. The van der Waals surface area contributed by atoms with Gasteiger partial charge >= 0.3 is 35.4 Å². The zero-order valence-electron chi connectivity index (χ0n) is 17.9. The molecule has 1 saturated heterocycles. The van der Waals surface area contributed by atoms with Crippen LogP contribution in [0.2, 0.25) is 5.02 Å². The van der Waals surface area contributed by atoms with Gasteiger partial charge in [0.05, 0.1) is 6.04 Å². The lowest BCUT2D eigenvalue weighted by Crippen LogP contribution is -2.45. The Balaban J connectivity index is 0.000000471. The van der Waals surface area contributed by atoms with E-state index in [0.717, 1.165) is 12.0 Å². The van der Waals surface area contributed by atoms with Gasteiger partial charge in [0.1, 0.15) is 0 Å². The number of alkyl halides is 6. The fourth-order valence-corrected chi connectivity index (χ4v) is 3.22. The van der Waals surface area contributed by atoms with E-state index in [2.05, 4.69) is 21.1 Å². The number of nitrogens with zero attached hydrogens (tertiary/aromatic N) is 1. The van der Waals surface area contributed by atoms with E-state index in [4.69, 9.17) is 11.6 Å². The third-order valence-electron chi connectivity index (χ3n) is 4.38. The molecule has 0 aliphatic carbocycles. The van der Waals surface area contributed by atoms with Gasteiger partial charge in [0.2, 0.25) is 0 Å². The fraction of sp³-hybridized carbons (Fsp3) is 0.500. The van der Waals surface area contributed by atoms with Gasteiger partial charge in [-0.1, -0.05) is 30.7 Å². The average molecular weight is 554 g/mol. The Labute approximate surface area is 205 Å². The second-order valence-corrected chi connectivity index (χ2v) is 8.15. The summed E-state index contributed by atoms with van der Waals surface area (Å²) in [5.41, 5.74) is 0.742. The molecule has 1 aromatic carbocycles. The number of esters is 2. The normalized spacial score (nSPS) is 18.1. The lowest BCUT2D eigenvalue weighted by Gasteiger charge is -2.38. The predicted octanol–water partition coefficient (Wildman–Crippen LogP) is 4.60. The molecule has 7 nitrogen and oxygen atoms in total. The van der Waals surface area contributed by atoms with E-state index in [9.17, 15) is 45.5 Å². The third kappa shape index (κ3) is 11.6. The highest BCUT2D eigenvalue weighted by atomic mass is 35.5. The van der Waals surface area contributed by atoms with Crippen LogP contribution in [-0.2, 0) is 28.7 Å². The highest BCUT2D eigenvalue weighted by molar-refractivity contribution is 6.80. The van der Waals surface area contributed by atoms with Crippen molar-refractivity contribution in [1.82, 2.24) is 4.90 Å². The first-order chi connectivity index (χ1) is 16.0. The van der Waals surface area contributed by atoms with Crippen molar-refractivity contribution >= 4 is 46.3 Å². The van der Waals surface area contributed by atoms with Crippen molar-refractivity contribution in [2.24, 2.45) is 5.92 Å². The molecule has 1 aromatic rings. The molecule has 1 aliphatic rings. The van der Waals surface area contributed by atoms with E-state index in [1.54, 1.807) is 24.3 Å². The van der Waals surface area contributed by atoms with Crippen molar-refractivity contribution in [1.29, 1.82) is 0 Å². The summed E-state index contributed by atoms with van der Waals surface area (Å²) in [5.74, 6) is -4.12. The van der Waals surface area contributed by atoms with E-state index >= 15 is 0 Å². The number of halogens is 8. The molecule has 15 heteroatoms. The van der Waals surface area contributed by atoms with Gasteiger partial charge in [-0.05, 0) is 48.1 Å². The van der Waals surface area contributed by atoms with Gasteiger partial charge < -0.3 is 14.4 Å². The van der Waals surface area contributed by atoms with Crippen LogP contribution in [0.4, 0.5) is 26.3 Å². The van der Waals surface area contributed by atoms with Crippen molar-refractivity contribution in [2.75, 3.05) is 19.8 Å². The van der Waals surface area contributed by atoms with Gasteiger partial charge in [0.15, 0.2) is 13.2 Å². The molecule has 2 atom stereocenters. The van der Waals surface area contributed by atoms with E-state index < -0.39 is 54.7 Å². The van der Waals surface area contributed by atoms with Crippen LogP contribution in [0.15, 0.2) is 24.3 Å². The Bertz CT molecular complexity index is 924. The molecule has 0 spiro atoms. The van der Waals surface area contributed by atoms with Crippen LogP contribution in [0.3, 0.4) is 0 Å². The zero-order chi connectivity index (χ0) is 27.0. The van der Waals surface area contributed by atoms with Gasteiger partial charge in [-0.2, -0.15) is 26.3 Å². The van der Waals surface area contributed by atoms with Crippen LogP contribution in [0.5, 0.6) is 0 Å². The monoisotopic (exact) mass is 553 g/mol. The molecule has 1 aliphatic heterocycles. The number of hydrogen-bond acceptors (Lipinski definition) is 6. The summed E-state index contributed by atoms with van der Waals surface area (Å²) in [7, 11) is 0. The lowest BCUT2D eigenvalue weighted by atomic mass is 9.90. The first-order valence-electron chi connectivity index (χ1n) is 9.73. The third-order valence-corrected chi connectivity index (χ3v) is 4.77. The topological polar surface area (TPSA) is 90.0 Å². The number of carbonyl (C=O) groups is 4. The van der Waals surface area contributed by atoms with Gasteiger partial charge in [0.25, 0.3) is 0 Å². The Morgan fingerprint density at radius 2 is 1.51 bits per heavy atom. The molecule has 0 bridgehead atoms. The number of piperidine rings is 1. The quantitative estimate of drug-likeness (QED) is 0.234. The summed E-state index contributed by atoms with van der Waals surface area (Å²) in [6.07, 6.45) is -7.88. The summed E-state index contributed by atoms with van der Waals surface area (Å²) < 4.78 is 77.7. The maximum atomic E-state index is 12.3. The lowest BCUT2D eigenvalue weighted by molar-refractivity contribution is -0.190. The average Bonchev–Trinajstić information content (AvgIpc) is 2.74. The number of carbonyl (C=O) groups excluding carboxylic acids is 4. The molecule has 1 amide bonds. The van der Waals surface area contributed by atoms with E-state index in [0.29, 0.717) is 11.4 Å². The molecule has 2 unspecified atom stereocenters. The smallest absolute Gasteiger partial charge is 0.422 e. The number of benzene rings is 1. The molecule has 0 aromatic heterocycles. The van der Waals surface area contributed by atoms with Gasteiger partial charge in [-0.25, -0.2) is 9.59 Å². The van der Waals surface area contributed by atoms with Crippen LogP contribution in [-0.4, -0.2) is 60.1 Å². The number of rotatable bonds is 4. The minimum Gasteiger partial charge on any atom is -0.449 e. The van der Waals surface area contributed by atoms with E-state index in [1.165, 1.54) is 4.90 Å². The van der Waals surface area contributed by atoms with Crippen LogP contribution in [0.25, 0.3) is 0 Å². The van der Waals surface area contributed by atoms with Crippen LogP contribution >= 0.6 is 23.2 Å². The van der Waals surface area contributed by atoms with Gasteiger partial charge in [0, 0.05) is 11.6 Å². The fourth-order valence-electron chi connectivity index (χ4n) is 2.97. The maximum absolute atomic E-state index is 12.3. The Kier molecular flexibility index (Phi) is 11.3. The minimum atomic E-state index is -4.67. The molecule has 35 heavy (non-hydrogen) atoms. The van der Waals surface area contributed by atoms with Crippen LogP contribution in [0, 0.1) is 5.92 Å². The molecule has 0 radical (unpaired) electrons. The molecule has 1 heterocycles. The summed E-state index contributed by atoms with van der Waals surface area (Å²) in [6, 6.07) is 6.45. The first-order valence-corrected chi connectivity index (χ1v) is 10.5. The predicted molar refractivity (Wildman–Crippen MR) is 109 cm³/mol. The first kappa shape index (κ1) is 30.5. The maximum Gasteiger partial charge on any atom is 0.422 e. The minimum absolute atomic E-state index is 0.139. The highest BCUT2D eigenvalue weighted by Gasteiger charge is 2.37. The Morgan fingerprint density at radius 1 is 0.971 bits per heavy atom. The molecule has 0 saturated carbocycles. The summed E-state index contributed by atoms with van der Waals surface area (Å²) in [5, 5.41) is -1.09. The second kappa shape index (κ2) is 13.0. The standard InChI is InChI=1S/C16H17ClF3NO3.C4H2ClF3O3/c1-10-5-6-13(11-3-2-4-12(17)7-11)21(8-10)14(22)15(23)24-9-16(18,19)20;5-2(9)3(10)11-1-4(6,7)8/h2-4,7,10,13H,5-6,8-9H2,1H3;1H2. The SMILES string of the molecule is CC1CCC(c2cccc(Cl)c2)N(C(=O)C(=O)OCC(F)(F)F)C1.O=C(Cl)C(=O)OCC(F)(F)F. The molecule has 196 valence electrons. The largest absolute Gasteiger partial charge is 0.449 e. The Morgan fingerprint density at radius 3 is 2.00 bits per heavy atom. The van der Waals surface area contributed by atoms with Crippen LogP contribution < -0.4 is 0 Å². The van der Waals surface area contributed by atoms with Crippen molar-refractivity contribution in [2.45, 2.75) is 38.2 Å². The summed E-state index contributed by atoms with van der Waals surface area (Å²) in [6.45, 7) is -1.39. The van der Waals surface area contributed by atoms with Gasteiger partial charge in [-0.3, -0.25) is 9.59 Å². The van der Waals surface area contributed by atoms with E-state index in [-0.39, 0.29) is 12.5 Å². The molecular formula is C20H19Cl2F6NO6. The van der Waals surface area contributed by atoms with Crippen LogP contribution in [0.1, 0.15) is 31.4 Å². The number of ether oxygens (including phenoxy) is 2. The van der Waals surface area contributed by atoms with Gasteiger partial charge in [-0.15, -0.1) is 0 Å². The van der Waals surface area contributed by atoms with Crippen molar-refractivity contribution < 1.29 is 55.0 Å². The zero-order valence-corrected chi connectivity index (χ0v) is 19.4. The molecule has 2 rings (SSSR count). The molecule has 0 N–H and O–H groups in total. The van der Waals surface area contributed by atoms with E-state index in [1.807, 2.05) is 6.92 Å². The number of likely N-dealkylation sites (tertiary alicyclic amines) is 1. The van der Waals surface area contributed by atoms with Crippen molar-refractivity contribution in [3.05, 3.63) is 34.9 Å². The molecular weight excluding hydrogens is 535 g/mol. The highest BCUT2D eigenvalue weighted by Crippen LogP contribution is 2.34. The number of amides is 1. The number of hydrogen-bond donors (Lipinski definition) is 0. The molecule has 1 fully saturated rings. The summed E-state index contributed by atoms with van der Waals surface area (Å²) >= 11 is 10.4. The summed E-state index contributed by atoms with van der Waals surface area (Å²) in [4.78, 5) is 45.0. The Hall–Kier alpha value is -2.54. The van der Waals surface area contributed by atoms with Crippen molar-refractivity contribution in [3.63, 3.8) is 0 Å².